The summed E-state index contributed by atoms with van der Waals surface area (Å²) in [7, 11) is 0. The highest BCUT2D eigenvalue weighted by atomic mass is 16.3. The molecule has 5 nitrogen and oxygen atoms in total. The van der Waals surface area contributed by atoms with Crippen molar-refractivity contribution in [2.24, 2.45) is 5.92 Å². The van der Waals surface area contributed by atoms with Gasteiger partial charge in [0.2, 0.25) is 5.91 Å². The number of aliphatic hydroxyl groups excluding tert-OH is 1. The first-order valence-corrected chi connectivity index (χ1v) is 9.15. The Morgan fingerprint density at radius 2 is 1.96 bits per heavy atom. The molecule has 3 unspecified atom stereocenters. The fraction of sp³-hybridized carbons (Fsp3) is 0.600. The maximum atomic E-state index is 12.4. The Bertz CT molecular complexity index is 574. The Morgan fingerprint density at radius 1 is 1.28 bits per heavy atom. The van der Waals surface area contributed by atoms with Gasteiger partial charge in [0, 0.05) is 6.04 Å². The van der Waals surface area contributed by atoms with Crippen molar-refractivity contribution in [1.82, 2.24) is 10.2 Å². The molecule has 0 saturated carbocycles. The van der Waals surface area contributed by atoms with Gasteiger partial charge in [0.25, 0.3) is 0 Å². The third kappa shape index (κ3) is 5.65. The summed E-state index contributed by atoms with van der Waals surface area (Å²) in [6.45, 7) is 6.51. The molecule has 138 valence electrons. The van der Waals surface area contributed by atoms with Crippen molar-refractivity contribution in [3.63, 3.8) is 0 Å². The summed E-state index contributed by atoms with van der Waals surface area (Å²) >= 11 is 0. The second kappa shape index (κ2) is 9.11. The van der Waals surface area contributed by atoms with Crippen LogP contribution < -0.4 is 5.32 Å². The molecule has 1 amide bonds. The molecule has 1 aliphatic rings. The molecule has 2 rings (SSSR count). The van der Waals surface area contributed by atoms with Crippen LogP contribution in [0.1, 0.15) is 51.7 Å². The monoisotopic (exact) mass is 346 g/mol. The molecule has 0 aliphatic carbocycles. The highest BCUT2D eigenvalue weighted by Gasteiger charge is 2.29. The first kappa shape index (κ1) is 19.6. The summed E-state index contributed by atoms with van der Waals surface area (Å²) in [6.07, 6.45) is 2.12. The lowest BCUT2D eigenvalue weighted by Gasteiger charge is -2.27. The van der Waals surface area contributed by atoms with E-state index in [0.29, 0.717) is 6.42 Å². The Morgan fingerprint density at radius 3 is 2.56 bits per heavy atom. The summed E-state index contributed by atoms with van der Waals surface area (Å²) in [5.74, 6) is -0.0495. The average molecular weight is 346 g/mol. The third-order valence-electron chi connectivity index (χ3n) is 4.95. The standard InChI is InChI=1S/C20H30N2O3/c1-14(2)20(15(3)23)21-19(25)13-22-11-7-10-17(22)12-18(24)16-8-5-4-6-9-16/h4-6,8-9,14,17-18,20,24H,7,10-13H2,1-3H3,(H,21,25). The number of benzene rings is 1. The van der Waals surface area contributed by atoms with Gasteiger partial charge in [-0.15, -0.1) is 0 Å². The maximum Gasteiger partial charge on any atom is 0.234 e. The van der Waals surface area contributed by atoms with Gasteiger partial charge in [0.05, 0.1) is 18.7 Å². The molecule has 1 aliphatic heterocycles. The zero-order chi connectivity index (χ0) is 18.4. The quantitative estimate of drug-likeness (QED) is 0.758. The Kier molecular flexibility index (Phi) is 7.14. The number of likely N-dealkylation sites (tertiary alicyclic amines) is 1. The second-order valence-electron chi connectivity index (χ2n) is 7.33. The number of carbonyl (C=O) groups excluding carboxylic acids is 2. The van der Waals surface area contributed by atoms with Crippen LogP contribution in [0.15, 0.2) is 30.3 Å². The van der Waals surface area contributed by atoms with Crippen LogP contribution in [-0.2, 0) is 9.59 Å². The molecule has 25 heavy (non-hydrogen) atoms. The third-order valence-corrected chi connectivity index (χ3v) is 4.95. The van der Waals surface area contributed by atoms with E-state index in [1.54, 1.807) is 0 Å². The molecule has 0 bridgehead atoms. The fourth-order valence-electron chi connectivity index (χ4n) is 3.58. The number of carbonyl (C=O) groups is 2. The average Bonchev–Trinajstić information content (AvgIpc) is 2.99. The SMILES string of the molecule is CC(=O)C(NC(=O)CN1CCCC1CC(O)c1ccccc1)C(C)C. The summed E-state index contributed by atoms with van der Waals surface area (Å²) in [6, 6.07) is 9.40. The number of Topliss-reactive ketones (excluding diaryl/α,β-unsaturated/α-hetero) is 1. The molecular weight excluding hydrogens is 316 g/mol. The molecule has 1 aromatic carbocycles. The summed E-state index contributed by atoms with van der Waals surface area (Å²) in [5.41, 5.74) is 0.912. The van der Waals surface area contributed by atoms with Crippen molar-refractivity contribution < 1.29 is 14.7 Å². The van der Waals surface area contributed by atoms with E-state index in [2.05, 4.69) is 10.2 Å². The van der Waals surface area contributed by atoms with Gasteiger partial charge < -0.3 is 10.4 Å². The fourth-order valence-corrected chi connectivity index (χ4v) is 3.58. The number of nitrogens with one attached hydrogen (secondary N) is 1. The van der Waals surface area contributed by atoms with E-state index in [9.17, 15) is 14.7 Å². The molecule has 1 fully saturated rings. The van der Waals surface area contributed by atoms with Gasteiger partial charge in [-0.3, -0.25) is 14.5 Å². The van der Waals surface area contributed by atoms with E-state index in [1.165, 1.54) is 6.92 Å². The van der Waals surface area contributed by atoms with E-state index in [0.717, 1.165) is 24.9 Å². The number of ketones is 1. The molecule has 3 atom stereocenters. The largest absolute Gasteiger partial charge is 0.388 e. The van der Waals surface area contributed by atoms with Crippen molar-refractivity contribution in [3.05, 3.63) is 35.9 Å². The first-order valence-electron chi connectivity index (χ1n) is 9.15. The molecule has 1 aromatic rings. The summed E-state index contributed by atoms with van der Waals surface area (Å²) < 4.78 is 0. The molecule has 0 spiro atoms. The van der Waals surface area contributed by atoms with Crippen molar-refractivity contribution in [1.29, 1.82) is 0 Å². The number of hydrogen-bond acceptors (Lipinski definition) is 4. The van der Waals surface area contributed by atoms with Crippen molar-refractivity contribution in [3.8, 4) is 0 Å². The van der Waals surface area contributed by atoms with Crippen LogP contribution in [0, 0.1) is 5.92 Å². The van der Waals surface area contributed by atoms with Crippen LogP contribution >= 0.6 is 0 Å². The van der Waals surface area contributed by atoms with Crippen molar-refractivity contribution in [2.45, 2.75) is 58.2 Å². The zero-order valence-electron chi connectivity index (χ0n) is 15.4. The first-order chi connectivity index (χ1) is 11.9. The molecule has 0 aromatic heterocycles. The van der Waals surface area contributed by atoms with Crippen LogP contribution in [-0.4, -0.2) is 46.9 Å². The van der Waals surface area contributed by atoms with Gasteiger partial charge in [-0.05, 0) is 44.2 Å². The van der Waals surface area contributed by atoms with E-state index >= 15 is 0 Å². The van der Waals surface area contributed by atoms with Gasteiger partial charge in [0.1, 0.15) is 0 Å². The van der Waals surface area contributed by atoms with Crippen LogP contribution in [0.5, 0.6) is 0 Å². The minimum absolute atomic E-state index is 0.0131. The predicted octanol–water partition coefficient (Wildman–Crippen LogP) is 2.30. The second-order valence-corrected chi connectivity index (χ2v) is 7.33. The normalized spacial score (nSPS) is 20.4. The number of rotatable bonds is 8. The van der Waals surface area contributed by atoms with E-state index in [-0.39, 0.29) is 30.2 Å². The van der Waals surface area contributed by atoms with E-state index in [4.69, 9.17) is 0 Å². The Labute approximate surface area is 150 Å². The van der Waals surface area contributed by atoms with Crippen LogP contribution in [0.3, 0.4) is 0 Å². The molecule has 1 saturated heterocycles. The number of aliphatic hydroxyl groups is 1. The lowest BCUT2D eigenvalue weighted by Crippen LogP contribution is -2.48. The Balaban J connectivity index is 1.90. The van der Waals surface area contributed by atoms with E-state index in [1.807, 2.05) is 44.2 Å². The van der Waals surface area contributed by atoms with Crippen molar-refractivity contribution in [2.75, 3.05) is 13.1 Å². The number of hydrogen-bond donors (Lipinski definition) is 2. The highest BCUT2D eigenvalue weighted by molar-refractivity contribution is 5.88. The topological polar surface area (TPSA) is 69.6 Å². The van der Waals surface area contributed by atoms with Crippen LogP contribution in [0.2, 0.25) is 0 Å². The molecular formula is C20H30N2O3. The van der Waals surface area contributed by atoms with Crippen molar-refractivity contribution >= 4 is 11.7 Å². The van der Waals surface area contributed by atoms with E-state index < -0.39 is 12.1 Å². The Hall–Kier alpha value is -1.72. The van der Waals surface area contributed by atoms with Gasteiger partial charge >= 0.3 is 0 Å². The number of amides is 1. The van der Waals surface area contributed by atoms with Gasteiger partial charge in [-0.2, -0.15) is 0 Å². The lowest BCUT2D eigenvalue weighted by molar-refractivity contribution is -0.128. The molecule has 5 heteroatoms. The molecule has 0 radical (unpaired) electrons. The zero-order valence-corrected chi connectivity index (χ0v) is 15.4. The van der Waals surface area contributed by atoms with Gasteiger partial charge in [-0.25, -0.2) is 0 Å². The lowest BCUT2D eigenvalue weighted by atomic mass is 10.00. The van der Waals surface area contributed by atoms with Gasteiger partial charge in [-0.1, -0.05) is 44.2 Å². The number of nitrogens with zero attached hydrogens (tertiary/aromatic N) is 1. The van der Waals surface area contributed by atoms with Gasteiger partial charge in [0.15, 0.2) is 5.78 Å². The maximum absolute atomic E-state index is 12.4. The van der Waals surface area contributed by atoms with Crippen LogP contribution in [0.4, 0.5) is 0 Å². The predicted molar refractivity (Wildman–Crippen MR) is 98.1 cm³/mol. The highest BCUT2D eigenvalue weighted by Crippen LogP contribution is 2.27. The minimum atomic E-state index is -0.518. The van der Waals surface area contributed by atoms with Crippen LogP contribution in [0.25, 0.3) is 0 Å². The summed E-state index contributed by atoms with van der Waals surface area (Å²) in [4.78, 5) is 26.1. The minimum Gasteiger partial charge on any atom is -0.388 e. The summed E-state index contributed by atoms with van der Waals surface area (Å²) in [5, 5.41) is 13.3. The molecule has 2 N–H and O–H groups in total. The smallest absolute Gasteiger partial charge is 0.234 e. The molecule has 1 heterocycles.